The average molecular weight is 357 g/mol. The molecule has 0 aromatic heterocycles. The summed E-state index contributed by atoms with van der Waals surface area (Å²) in [5.74, 6) is 2.40. The lowest BCUT2D eigenvalue weighted by Crippen LogP contribution is -2.23. The molecule has 26 heavy (non-hydrogen) atoms. The van der Waals surface area contributed by atoms with Crippen LogP contribution in [0.1, 0.15) is 30.4 Å². The number of carbonyl (C=O) groups is 1. The quantitative estimate of drug-likeness (QED) is 0.856. The largest absolute Gasteiger partial charge is 0.493 e. The van der Waals surface area contributed by atoms with Crippen LogP contribution >= 0.6 is 0 Å². The molecule has 0 unspecified atom stereocenters. The summed E-state index contributed by atoms with van der Waals surface area (Å²) < 4.78 is 21.8. The molecule has 0 radical (unpaired) electrons. The zero-order valence-electron chi connectivity index (χ0n) is 15.4. The van der Waals surface area contributed by atoms with Gasteiger partial charge in [-0.05, 0) is 36.2 Å². The van der Waals surface area contributed by atoms with Crippen LogP contribution in [0.15, 0.2) is 30.3 Å². The van der Waals surface area contributed by atoms with Gasteiger partial charge in [-0.2, -0.15) is 0 Å². The van der Waals surface area contributed by atoms with Gasteiger partial charge in [0.2, 0.25) is 5.91 Å². The van der Waals surface area contributed by atoms with Crippen molar-refractivity contribution < 1.29 is 23.7 Å². The van der Waals surface area contributed by atoms with Crippen molar-refractivity contribution in [3.8, 4) is 23.0 Å². The lowest BCUT2D eigenvalue weighted by Gasteiger charge is -2.27. The summed E-state index contributed by atoms with van der Waals surface area (Å²) in [4.78, 5) is 12.2. The van der Waals surface area contributed by atoms with E-state index in [1.54, 1.807) is 27.4 Å². The third-order valence-corrected chi connectivity index (χ3v) is 4.48. The Balaban J connectivity index is 2.08. The molecule has 3 rings (SSSR count). The van der Waals surface area contributed by atoms with Crippen LogP contribution in [0, 0.1) is 0 Å². The third kappa shape index (κ3) is 3.27. The number of rotatable bonds is 6. The Morgan fingerprint density at radius 3 is 2.27 bits per heavy atom. The molecule has 1 N–H and O–H groups in total. The molecule has 2 aromatic rings. The normalized spacial score (nSPS) is 15.7. The van der Waals surface area contributed by atoms with Crippen LogP contribution in [0.5, 0.6) is 23.0 Å². The van der Waals surface area contributed by atoms with Crippen molar-refractivity contribution in [3.05, 3.63) is 41.5 Å². The first-order valence-corrected chi connectivity index (χ1v) is 8.47. The fourth-order valence-electron chi connectivity index (χ4n) is 3.26. The van der Waals surface area contributed by atoms with Gasteiger partial charge in [-0.3, -0.25) is 4.79 Å². The average Bonchev–Trinajstić information content (AvgIpc) is 2.66. The molecule has 6 nitrogen and oxygen atoms in total. The lowest BCUT2D eigenvalue weighted by molar-refractivity contribution is -0.116. The van der Waals surface area contributed by atoms with Crippen molar-refractivity contribution in [1.82, 2.24) is 0 Å². The number of amides is 1. The Bertz CT molecular complexity index is 818. The number of hydrogen-bond acceptors (Lipinski definition) is 5. The molecule has 0 spiro atoms. The predicted octanol–water partition coefficient (Wildman–Crippen LogP) is 3.59. The fourth-order valence-corrected chi connectivity index (χ4v) is 3.26. The zero-order chi connectivity index (χ0) is 18.7. The Hall–Kier alpha value is -2.89. The van der Waals surface area contributed by atoms with Crippen LogP contribution in [-0.4, -0.2) is 33.8 Å². The summed E-state index contributed by atoms with van der Waals surface area (Å²) in [6, 6.07) is 9.49. The van der Waals surface area contributed by atoms with E-state index in [1.807, 2.05) is 31.2 Å². The minimum absolute atomic E-state index is 0.0393. The molecule has 0 bridgehead atoms. The molecule has 0 aliphatic carbocycles. The number of anilines is 1. The van der Waals surface area contributed by atoms with Gasteiger partial charge in [0.15, 0.2) is 23.0 Å². The minimum atomic E-state index is -0.108. The van der Waals surface area contributed by atoms with E-state index in [0.717, 1.165) is 16.8 Å². The van der Waals surface area contributed by atoms with E-state index in [1.165, 1.54) is 0 Å². The molecule has 0 saturated carbocycles. The lowest BCUT2D eigenvalue weighted by atomic mass is 9.84. The first-order chi connectivity index (χ1) is 12.6. The second-order valence-electron chi connectivity index (χ2n) is 5.94. The number of benzene rings is 2. The summed E-state index contributed by atoms with van der Waals surface area (Å²) in [6.07, 6.45) is 0.347. The Morgan fingerprint density at radius 2 is 1.62 bits per heavy atom. The van der Waals surface area contributed by atoms with Gasteiger partial charge in [-0.1, -0.05) is 6.07 Å². The van der Waals surface area contributed by atoms with Gasteiger partial charge in [0, 0.05) is 24.1 Å². The second kappa shape index (κ2) is 7.56. The summed E-state index contributed by atoms with van der Waals surface area (Å²) in [7, 11) is 4.78. The maximum Gasteiger partial charge on any atom is 0.225 e. The van der Waals surface area contributed by atoms with Crippen LogP contribution in [0.2, 0.25) is 0 Å². The topological polar surface area (TPSA) is 66.0 Å². The Morgan fingerprint density at radius 1 is 0.962 bits per heavy atom. The van der Waals surface area contributed by atoms with Crippen molar-refractivity contribution in [1.29, 1.82) is 0 Å². The van der Waals surface area contributed by atoms with Gasteiger partial charge in [-0.25, -0.2) is 0 Å². The number of hydrogen-bond donors (Lipinski definition) is 1. The van der Waals surface area contributed by atoms with Crippen LogP contribution < -0.4 is 24.3 Å². The maximum absolute atomic E-state index is 12.2. The second-order valence-corrected chi connectivity index (χ2v) is 5.94. The van der Waals surface area contributed by atoms with Gasteiger partial charge >= 0.3 is 0 Å². The van der Waals surface area contributed by atoms with E-state index in [-0.39, 0.29) is 11.8 Å². The summed E-state index contributed by atoms with van der Waals surface area (Å²) >= 11 is 0. The highest BCUT2D eigenvalue weighted by Gasteiger charge is 2.29. The summed E-state index contributed by atoms with van der Waals surface area (Å²) in [6.45, 7) is 2.48. The number of nitrogens with one attached hydrogen (secondary N) is 1. The highest BCUT2D eigenvalue weighted by Crippen LogP contribution is 2.44. The third-order valence-electron chi connectivity index (χ3n) is 4.48. The Kier molecular flexibility index (Phi) is 5.21. The standard InChI is InChI=1S/C20H23NO5/c1-5-26-16-7-6-12(8-17(16)23-2)13-10-20(22)21-15-11-19(25-4)18(24-3)9-14(13)15/h6-9,11,13H,5,10H2,1-4H3,(H,21,22)/t13-/m0/s1. The van der Waals surface area contributed by atoms with Crippen LogP contribution in [0.25, 0.3) is 0 Å². The highest BCUT2D eigenvalue weighted by molar-refractivity contribution is 5.96. The van der Waals surface area contributed by atoms with Crippen molar-refractivity contribution >= 4 is 11.6 Å². The maximum atomic E-state index is 12.2. The summed E-state index contributed by atoms with van der Waals surface area (Å²) in [5, 5.41) is 2.92. The van der Waals surface area contributed by atoms with E-state index in [9.17, 15) is 4.79 Å². The van der Waals surface area contributed by atoms with E-state index in [4.69, 9.17) is 18.9 Å². The molecule has 1 aliphatic heterocycles. The Labute approximate surface area is 153 Å². The molecule has 2 aromatic carbocycles. The van der Waals surface area contributed by atoms with Crippen molar-refractivity contribution in [3.63, 3.8) is 0 Å². The first-order valence-electron chi connectivity index (χ1n) is 8.47. The molecule has 1 amide bonds. The number of carbonyl (C=O) groups excluding carboxylic acids is 1. The van der Waals surface area contributed by atoms with Crippen molar-refractivity contribution in [2.75, 3.05) is 33.3 Å². The molecule has 1 aliphatic rings. The first kappa shape index (κ1) is 17.9. The minimum Gasteiger partial charge on any atom is -0.493 e. The molecule has 0 saturated heterocycles. The van der Waals surface area contributed by atoms with Gasteiger partial charge in [0.25, 0.3) is 0 Å². The zero-order valence-corrected chi connectivity index (χ0v) is 15.4. The van der Waals surface area contributed by atoms with E-state index >= 15 is 0 Å². The molecule has 0 fully saturated rings. The summed E-state index contributed by atoms with van der Waals surface area (Å²) in [5.41, 5.74) is 2.69. The van der Waals surface area contributed by atoms with E-state index in [0.29, 0.717) is 36.0 Å². The van der Waals surface area contributed by atoms with Crippen molar-refractivity contribution in [2.24, 2.45) is 0 Å². The number of fused-ring (bicyclic) bond motifs is 1. The smallest absolute Gasteiger partial charge is 0.225 e. The van der Waals surface area contributed by atoms with Crippen LogP contribution in [-0.2, 0) is 4.79 Å². The van der Waals surface area contributed by atoms with Crippen molar-refractivity contribution in [2.45, 2.75) is 19.3 Å². The molecule has 1 atom stereocenters. The molecular weight excluding hydrogens is 334 g/mol. The van der Waals surface area contributed by atoms with Crippen LogP contribution in [0.3, 0.4) is 0 Å². The SMILES string of the molecule is CCOc1ccc([C@@H]2CC(=O)Nc3cc(OC)c(OC)cc32)cc1OC. The van der Waals surface area contributed by atoms with Gasteiger partial charge in [0.05, 0.1) is 27.9 Å². The number of methoxy groups -OCH3 is 3. The molecular formula is C20H23NO5. The van der Waals surface area contributed by atoms with Gasteiger partial charge in [0.1, 0.15) is 0 Å². The van der Waals surface area contributed by atoms with E-state index in [2.05, 4.69) is 5.32 Å². The monoisotopic (exact) mass is 357 g/mol. The molecule has 138 valence electrons. The molecule has 1 heterocycles. The molecule has 6 heteroatoms. The number of ether oxygens (including phenoxy) is 4. The van der Waals surface area contributed by atoms with Crippen LogP contribution in [0.4, 0.5) is 5.69 Å². The van der Waals surface area contributed by atoms with Gasteiger partial charge in [-0.15, -0.1) is 0 Å². The predicted molar refractivity (Wildman–Crippen MR) is 98.8 cm³/mol. The van der Waals surface area contributed by atoms with Gasteiger partial charge < -0.3 is 24.3 Å². The van der Waals surface area contributed by atoms with E-state index < -0.39 is 0 Å². The highest BCUT2D eigenvalue weighted by atomic mass is 16.5. The fraction of sp³-hybridized carbons (Fsp3) is 0.350.